The molecule has 4 heterocycles. The first-order chi connectivity index (χ1) is 12.9. The molecule has 122 valence electrons. The van der Waals surface area contributed by atoms with Gasteiger partial charge in [0.05, 0.1) is 12.5 Å². The lowest BCUT2D eigenvalue weighted by molar-refractivity contribution is 0.615. The molecule has 0 saturated heterocycles. The Morgan fingerprint density at radius 1 is 0.385 bits per heavy atom. The minimum atomic E-state index is 0.837. The van der Waals surface area contributed by atoms with Crippen molar-refractivity contribution in [2.75, 3.05) is 0 Å². The van der Waals surface area contributed by atoms with Gasteiger partial charge in [-0.2, -0.15) is 0 Å². The fraction of sp³-hybridized carbons (Fsp3) is 0. The van der Waals surface area contributed by atoms with Crippen molar-refractivity contribution in [1.29, 1.82) is 0 Å². The second-order valence-electron chi connectivity index (χ2n) is 6.56. The molecular weight excluding hydrogens is 328 g/mol. The largest absolute Gasteiger partial charge is 0.464 e. The Balaban J connectivity index is 1.90. The predicted molar refractivity (Wildman–Crippen MR) is 101 cm³/mol. The zero-order valence-corrected chi connectivity index (χ0v) is 13.4. The van der Waals surface area contributed by atoms with Gasteiger partial charge in [-0.15, -0.1) is 0 Å². The van der Waals surface area contributed by atoms with E-state index in [0.717, 1.165) is 65.8 Å². The fourth-order valence-electron chi connectivity index (χ4n) is 4.20. The molecule has 3 aromatic carbocycles. The van der Waals surface area contributed by atoms with E-state index in [4.69, 9.17) is 17.7 Å². The molecule has 4 nitrogen and oxygen atoms in total. The van der Waals surface area contributed by atoms with Gasteiger partial charge in [0.25, 0.3) is 0 Å². The van der Waals surface area contributed by atoms with E-state index < -0.39 is 0 Å². The molecule has 4 heteroatoms. The predicted octanol–water partition coefficient (Wildman–Crippen LogP) is 6.98. The van der Waals surface area contributed by atoms with Gasteiger partial charge in [-0.1, -0.05) is 0 Å². The number of hydrogen-bond donors (Lipinski definition) is 0. The molecule has 7 rings (SSSR count). The molecule has 26 heavy (non-hydrogen) atoms. The van der Waals surface area contributed by atoms with Crippen LogP contribution in [0.25, 0.3) is 65.8 Å². The summed E-state index contributed by atoms with van der Waals surface area (Å²) < 4.78 is 23.5. The normalized spacial score (nSPS) is 12.6. The molecule has 0 fully saturated rings. The van der Waals surface area contributed by atoms with Crippen LogP contribution in [0.15, 0.2) is 78.7 Å². The van der Waals surface area contributed by atoms with Crippen LogP contribution in [-0.4, -0.2) is 0 Å². The number of fused-ring (bicyclic) bond motifs is 11. The van der Waals surface area contributed by atoms with Gasteiger partial charge < -0.3 is 17.7 Å². The van der Waals surface area contributed by atoms with Gasteiger partial charge in [0.2, 0.25) is 0 Å². The van der Waals surface area contributed by atoms with Crippen LogP contribution in [0.2, 0.25) is 0 Å². The maximum Gasteiger partial charge on any atom is 0.136 e. The average Bonchev–Trinajstić information content (AvgIpc) is 3.40. The summed E-state index contributed by atoms with van der Waals surface area (Å²) in [7, 11) is 0. The summed E-state index contributed by atoms with van der Waals surface area (Å²) in [5.41, 5.74) is 5.05. The van der Waals surface area contributed by atoms with Crippen LogP contribution < -0.4 is 0 Å². The van der Waals surface area contributed by atoms with E-state index in [9.17, 15) is 0 Å². The van der Waals surface area contributed by atoms with Crippen LogP contribution in [0.1, 0.15) is 0 Å². The van der Waals surface area contributed by atoms with Crippen molar-refractivity contribution in [3.05, 3.63) is 61.1 Å². The van der Waals surface area contributed by atoms with Crippen molar-refractivity contribution in [1.82, 2.24) is 0 Å². The highest BCUT2D eigenvalue weighted by molar-refractivity contribution is 6.33. The lowest BCUT2D eigenvalue weighted by atomic mass is 10.0. The second kappa shape index (κ2) is 4.11. The summed E-state index contributed by atoms with van der Waals surface area (Å²) >= 11 is 0. The summed E-state index contributed by atoms with van der Waals surface area (Å²) in [5.74, 6) is 0. The smallest absolute Gasteiger partial charge is 0.136 e. The maximum absolute atomic E-state index is 6.14. The van der Waals surface area contributed by atoms with Gasteiger partial charge in [0, 0.05) is 32.3 Å². The highest BCUT2D eigenvalue weighted by Crippen LogP contribution is 2.44. The van der Waals surface area contributed by atoms with Crippen LogP contribution in [0.4, 0.5) is 0 Å². The molecule has 0 unspecified atom stereocenters. The van der Waals surface area contributed by atoms with E-state index in [1.54, 1.807) is 12.5 Å². The van der Waals surface area contributed by atoms with E-state index in [1.165, 1.54) is 0 Å². The maximum atomic E-state index is 6.14. The Morgan fingerprint density at radius 3 is 1.23 bits per heavy atom. The average molecular weight is 338 g/mol. The monoisotopic (exact) mass is 338 g/mol. The summed E-state index contributed by atoms with van der Waals surface area (Å²) in [6.07, 6.45) is 3.43. The standard InChI is InChI=1S/C22H10O4/c1-3-15-19(11-7-9-23-13(1)11)21-17(25-15)5-6-18-22(21)20-12-8-10-24-14(12)2-4-16(20)26-18/h1-10H. The van der Waals surface area contributed by atoms with Gasteiger partial charge in [0.1, 0.15) is 33.5 Å². The van der Waals surface area contributed by atoms with E-state index in [2.05, 4.69) is 0 Å². The molecule has 4 aromatic heterocycles. The number of rotatable bonds is 0. The van der Waals surface area contributed by atoms with Crippen LogP contribution in [0, 0.1) is 0 Å². The van der Waals surface area contributed by atoms with Crippen LogP contribution in [0.5, 0.6) is 0 Å². The third kappa shape index (κ3) is 1.34. The van der Waals surface area contributed by atoms with E-state index in [1.807, 2.05) is 48.5 Å². The molecule has 0 bridgehead atoms. The van der Waals surface area contributed by atoms with Gasteiger partial charge in [-0.25, -0.2) is 0 Å². The van der Waals surface area contributed by atoms with E-state index >= 15 is 0 Å². The fourth-order valence-corrected chi connectivity index (χ4v) is 4.20. The lowest BCUT2D eigenvalue weighted by Gasteiger charge is -1.96. The Bertz CT molecular complexity index is 1510. The topological polar surface area (TPSA) is 52.6 Å². The Morgan fingerprint density at radius 2 is 0.769 bits per heavy atom. The van der Waals surface area contributed by atoms with Crippen molar-refractivity contribution in [3.63, 3.8) is 0 Å². The summed E-state index contributed by atoms with van der Waals surface area (Å²) in [6.45, 7) is 0. The Labute approximate surface area is 145 Å². The minimum absolute atomic E-state index is 0.837. The third-order valence-electron chi connectivity index (χ3n) is 5.26. The van der Waals surface area contributed by atoms with Crippen LogP contribution >= 0.6 is 0 Å². The first kappa shape index (κ1) is 12.7. The minimum Gasteiger partial charge on any atom is -0.464 e. The lowest BCUT2D eigenvalue weighted by Crippen LogP contribution is -1.73. The van der Waals surface area contributed by atoms with Crippen LogP contribution in [0.3, 0.4) is 0 Å². The summed E-state index contributed by atoms with van der Waals surface area (Å²) in [6, 6.07) is 15.7. The van der Waals surface area contributed by atoms with E-state index in [0.29, 0.717) is 0 Å². The van der Waals surface area contributed by atoms with Gasteiger partial charge in [-0.05, 0) is 48.5 Å². The molecule has 0 aliphatic rings. The SMILES string of the molecule is c1cc2c(ccc3oc4ccc5oc6ccc7occc7c6c5c4c32)o1. The molecule has 0 aliphatic carbocycles. The molecule has 0 amide bonds. The zero-order chi connectivity index (χ0) is 16.8. The molecule has 0 atom stereocenters. The molecule has 0 saturated carbocycles. The molecule has 7 aromatic rings. The van der Waals surface area contributed by atoms with Crippen molar-refractivity contribution >= 4 is 65.8 Å². The molecule has 0 spiro atoms. The van der Waals surface area contributed by atoms with Gasteiger partial charge in [-0.3, -0.25) is 0 Å². The molecular formula is C22H10O4. The quantitative estimate of drug-likeness (QED) is 0.299. The Hall–Kier alpha value is -3.66. The van der Waals surface area contributed by atoms with E-state index in [-0.39, 0.29) is 0 Å². The van der Waals surface area contributed by atoms with Gasteiger partial charge in [0.15, 0.2) is 0 Å². The first-order valence-corrected chi connectivity index (χ1v) is 8.42. The highest BCUT2D eigenvalue weighted by Gasteiger charge is 2.20. The Kier molecular flexibility index (Phi) is 2.00. The summed E-state index contributed by atoms with van der Waals surface area (Å²) in [4.78, 5) is 0. The molecule has 0 radical (unpaired) electrons. The van der Waals surface area contributed by atoms with Crippen molar-refractivity contribution in [2.24, 2.45) is 0 Å². The van der Waals surface area contributed by atoms with Gasteiger partial charge >= 0.3 is 0 Å². The van der Waals surface area contributed by atoms with Crippen molar-refractivity contribution in [3.8, 4) is 0 Å². The molecule has 0 aliphatic heterocycles. The number of benzene rings is 3. The van der Waals surface area contributed by atoms with Crippen molar-refractivity contribution in [2.45, 2.75) is 0 Å². The number of furan rings is 4. The summed E-state index contributed by atoms with van der Waals surface area (Å²) in [5, 5.41) is 6.30. The van der Waals surface area contributed by atoms with Crippen molar-refractivity contribution < 1.29 is 17.7 Å². The first-order valence-electron chi connectivity index (χ1n) is 8.42. The number of hydrogen-bond acceptors (Lipinski definition) is 4. The van der Waals surface area contributed by atoms with Crippen LogP contribution in [-0.2, 0) is 0 Å². The highest BCUT2D eigenvalue weighted by atomic mass is 16.3. The zero-order valence-electron chi connectivity index (χ0n) is 13.4. The third-order valence-corrected chi connectivity index (χ3v) is 5.26. The molecule has 0 N–H and O–H groups in total. The second-order valence-corrected chi connectivity index (χ2v) is 6.56.